The Kier molecular flexibility index (Phi) is 7.48. The molecule has 0 atom stereocenters. The molecule has 0 bridgehead atoms. The molecule has 2 aliphatic heterocycles. The van der Waals surface area contributed by atoms with Gasteiger partial charge in [-0.1, -0.05) is 20.8 Å². The number of hydrogen-bond acceptors (Lipinski definition) is 3. The fourth-order valence-electron chi connectivity index (χ4n) is 4.09. The fraction of sp³-hybridized carbons (Fsp3) is 1.00. The number of hydrogen-bond donors (Lipinski definition) is 1. The first-order valence-electron chi connectivity index (χ1n) is 9.36. The highest BCUT2D eigenvalue weighted by atomic mass is 15.2. The largest absolute Gasteiger partial charge is 0.317 e. The molecule has 2 heterocycles. The van der Waals surface area contributed by atoms with Gasteiger partial charge in [-0.3, -0.25) is 0 Å². The highest BCUT2D eigenvalue weighted by Gasteiger charge is 2.26. The van der Waals surface area contributed by atoms with Crippen molar-refractivity contribution in [2.75, 3.05) is 45.8 Å². The third kappa shape index (κ3) is 5.88. The molecule has 0 aliphatic carbocycles. The highest BCUT2D eigenvalue weighted by Crippen LogP contribution is 2.21. The van der Waals surface area contributed by atoms with Gasteiger partial charge in [-0.25, -0.2) is 0 Å². The van der Waals surface area contributed by atoms with Gasteiger partial charge in [0.25, 0.3) is 0 Å². The fourth-order valence-corrected chi connectivity index (χ4v) is 4.09. The van der Waals surface area contributed by atoms with Crippen LogP contribution in [0.15, 0.2) is 0 Å². The minimum atomic E-state index is 0.808. The van der Waals surface area contributed by atoms with Crippen molar-refractivity contribution in [2.24, 2.45) is 11.8 Å². The lowest BCUT2D eigenvalue weighted by Crippen LogP contribution is -2.48. The smallest absolute Gasteiger partial charge is 0.0120 e. The van der Waals surface area contributed by atoms with Gasteiger partial charge in [-0.2, -0.15) is 0 Å². The van der Waals surface area contributed by atoms with Crippen molar-refractivity contribution in [2.45, 2.75) is 58.9 Å². The van der Waals surface area contributed by atoms with Crippen LogP contribution in [0.4, 0.5) is 0 Å². The molecule has 1 N–H and O–H groups in total. The minimum Gasteiger partial charge on any atom is -0.317 e. The molecular weight excluding hydrogens is 258 g/mol. The summed E-state index contributed by atoms with van der Waals surface area (Å²) in [5.74, 6) is 1.74. The Hall–Kier alpha value is -0.120. The Labute approximate surface area is 132 Å². The van der Waals surface area contributed by atoms with Crippen LogP contribution in [0.3, 0.4) is 0 Å². The standard InChI is InChI=1S/C18H37N3/c1-4-11-21(15-17-5-9-19-10-6-17)18-7-12-20(13-8-18)14-16(2)3/h16-19H,4-15H2,1-3H3. The second kappa shape index (κ2) is 9.12. The normalized spacial score (nSPS) is 23.3. The third-order valence-corrected chi connectivity index (χ3v) is 5.16. The van der Waals surface area contributed by atoms with Gasteiger partial charge in [-0.05, 0) is 76.7 Å². The molecule has 0 saturated carbocycles. The summed E-state index contributed by atoms with van der Waals surface area (Å²) >= 11 is 0. The maximum Gasteiger partial charge on any atom is 0.0120 e. The quantitative estimate of drug-likeness (QED) is 0.779. The van der Waals surface area contributed by atoms with E-state index >= 15 is 0 Å². The van der Waals surface area contributed by atoms with Crippen LogP contribution >= 0.6 is 0 Å². The first-order valence-corrected chi connectivity index (χ1v) is 9.36. The SMILES string of the molecule is CCCN(CC1CCNCC1)C1CCN(CC(C)C)CC1. The Balaban J connectivity index is 1.78. The second-order valence-electron chi connectivity index (χ2n) is 7.61. The Morgan fingerprint density at radius 3 is 2.33 bits per heavy atom. The van der Waals surface area contributed by atoms with Gasteiger partial charge in [0, 0.05) is 19.1 Å². The molecule has 0 aromatic carbocycles. The van der Waals surface area contributed by atoms with Crippen molar-refractivity contribution in [1.29, 1.82) is 0 Å². The molecule has 0 radical (unpaired) electrons. The summed E-state index contributed by atoms with van der Waals surface area (Å²) in [6, 6.07) is 0.850. The van der Waals surface area contributed by atoms with E-state index in [1.807, 2.05) is 0 Å². The molecule has 124 valence electrons. The lowest BCUT2D eigenvalue weighted by atomic mass is 9.94. The van der Waals surface area contributed by atoms with E-state index in [1.165, 1.54) is 77.9 Å². The molecule has 0 aromatic heterocycles. The van der Waals surface area contributed by atoms with E-state index in [-0.39, 0.29) is 0 Å². The number of nitrogens with one attached hydrogen (secondary N) is 1. The zero-order valence-corrected chi connectivity index (χ0v) is 14.6. The maximum absolute atomic E-state index is 3.50. The Morgan fingerprint density at radius 2 is 1.76 bits per heavy atom. The average Bonchev–Trinajstić information content (AvgIpc) is 2.48. The summed E-state index contributed by atoms with van der Waals surface area (Å²) in [5.41, 5.74) is 0. The number of rotatable bonds is 7. The monoisotopic (exact) mass is 295 g/mol. The van der Waals surface area contributed by atoms with Gasteiger partial charge in [0.05, 0.1) is 0 Å². The van der Waals surface area contributed by atoms with Gasteiger partial charge < -0.3 is 15.1 Å². The minimum absolute atomic E-state index is 0.808. The van der Waals surface area contributed by atoms with E-state index in [0.29, 0.717) is 0 Å². The molecule has 2 rings (SSSR count). The summed E-state index contributed by atoms with van der Waals surface area (Å²) < 4.78 is 0. The van der Waals surface area contributed by atoms with Crippen LogP contribution in [-0.2, 0) is 0 Å². The van der Waals surface area contributed by atoms with Crippen LogP contribution in [0.25, 0.3) is 0 Å². The first kappa shape index (κ1) is 17.2. The molecule has 2 fully saturated rings. The second-order valence-corrected chi connectivity index (χ2v) is 7.61. The molecule has 0 unspecified atom stereocenters. The molecule has 3 heteroatoms. The van der Waals surface area contributed by atoms with Crippen LogP contribution in [0.5, 0.6) is 0 Å². The third-order valence-electron chi connectivity index (χ3n) is 5.16. The van der Waals surface area contributed by atoms with Crippen LogP contribution in [0.1, 0.15) is 52.9 Å². The molecule has 2 aliphatic rings. The molecule has 2 saturated heterocycles. The van der Waals surface area contributed by atoms with Crippen molar-refractivity contribution in [3.63, 3.8) is 0 Å². The zero-order chi connectivity index (χ0) is 15.1. The van der Waals surface area contributed by atoms with Crippen molar-refractivity contribution in [3.05, 3.63) is 0 Å². The summed E-state index contributed by atoms with van der Waals surface area (Å²) in [5, 5.41) is 3.50. The van der Waals surface area contributed by atoms with Crippen LogP contribution in [-0.4, -0.2) is 61.7 Å². The molecular formula is C18H37N3. The van der Waals surface area contributed by atoms with E-state index in [4.69, 9.17) is 0 Å². The van der Waals surface area contributed by atoms with Crippen molar-refractivity contribution in [3.8, 4) is 0 Å². The van der Waals surface area contributed by atoms with Crippen molar-refractivity contribution >= 4 is 0 Å². The lowest BCUT2D eigenvalue weighted by Gasteiger charge is -2.41. The summed E-state index contributed by atoms with van der Waals surface area (Å²) in [7, 11) is 0. The molecule has 0 aromatic rings. The van der Waals surface area contributed by atoms with Crippen LogP contribution < -0.4 is 5.32 Å². The predicted molar refractivity (Wildman–Crippen MR) is 91.8 cm³/mol. The van der Waals surface area contributed by atoms with Gasteiger partial charge in [0.1, 0.15) is 0 Å². The summed E-state index contributed by atoms with van der Waals surface area (Å²) in [6.45, 7) is 16.1. The van der Waals surface area contributed by atoms with Crippen molar-refractivity contribution < 1.29 is 0 Å². The van der Waals surface area contributed by atoms with Gasteiger partial charge in [0.2, 0.25) is 0 Å². The molecule has 21 heavy (non-hydrogen) atoms. The number of likely N-dealkylation sites (tertiary alicyclic amines) is 1. The predicted octanol–water partition coefficient (Wildman–Crippen LogP) is 2.82. The van der Waals surface area contributed by atoms with Crippen LogP contribution in [0.2, 0.25) is 0 Å². The zero-order valence-electron chi connectivity index (χ0n) is 14.6. The van der Waals surface area contributed by atoms with E-state index < -0.39 is 0 Å². The summed E-state index contributed by atoms with van der Waals surface area (Å²) in [6.07, 6.45) is 6.84. The average molecular weight is 296 g/mol. The number of piperidine rings is 2. The highest BCUT2D eigenvalue weighted by molar-refractivity contribution is 4.82. The molecule has 3 nitrogen and oxygen atoms in total. The van der Waals surface area contributed by atoms with Gasteiger partial charge in [0.15, 0.2) is 0 Å². The van der Waals surface area contributed by atoms with E-state index in [2.05, 4.69) is 35.9 Å². The van der Waals surface area contributed by atoms with Gasteiger partial charge in [-0.15, -0.1) is 0 Å². The molecule has 0 spiro atoms. The topological polar surface area (TPSA) is 18.5 Å². The summed E-state index contributed by atoms with van der Waals surface area (Å²) in [4.78, 5) is 5.51. The number of nitrogens with zero attached hydrogens (tertiary/aromatic N) is 2. The van der Waals surface area contributed by atoms with Crippen molar-refractivity contribution in [1.82, 2.24) is 15.1 Å². The lowest BCUT2D eigenvalue weighted by molar-refractivity contribution is 0.0842. The van der Waals surface area contributed by atoms with E-state index in [1.54, 1.807) is 0 Å². The van der Waals surface area contributed by atoms with E-state index in [0.717, 1.165) is 17.9 Å². The molecule has 0 amide bonds. The van der Waals surface area contributed by atoms with Gasteiger partial charge >= 0.3 is 0 Å². The Morgan fingerprint density at radius 1 is 1.10 bits per heavy atom. The first-order chi connectivity index (χ1) is 10.2. The van der Waals surface area contributed by atoms with Crippen LogP contribution in [0, 0.1) is 11.8 Å². The Bertz CT molecular complexity index is 266. The maximum atomic E-state index is 3.50. The van der Waals surface area contributed by atoms with E-state index in [9.17, 15) is 0 Å².